The van der Waals surface area contributed by atoms with Crippen LogP contribution in [0.5, 0.6) is 0 Å². The van der Waals surface area contributed by atoms with Crippen LogP contribution < -0.4 is 5.73 Å². The smallest absolute Gasteiger partial charge is 0.160 e. The third-order valence-corrected chi connectivity index (χ3v) is 4.97. The van der Waals surface area contributed by atoms with Gasteiger partial charge in [-0.1, -0.05) is 40.0 Å². The van der Waals surface area contributed by atoms with Crippen molar-refractivity contribution in [2.24, 2.45) is 5.92 Å². The van der Waals surface area contributed by atoms with Crippen molar-refractivity contribution in [2.45, 2.75) is 64.4 Å². The van der Waals surface area contributed by atoms with E-state index in [1.165, 1.54) is 32.1 Å². The van der Waals surface area contributed by atoms with E-state index < -0.39 is 0 Å². The van der Waals surface area contributed by atoms with Gasteiger partial charge in [0.2, 0.25) is 0 Å². The number of nitrogen functional groups attached to an aromatic ring is 1. The molecule has 118 valence electrons. The van der Waals surface area contributed by atoms with Crippen LogP contribution in [0.15, 0.2) is 4.47 Å². The van der Waals surface area contributed by atoms with Crippen molar-refractivity contribution < 1.29 is 4.74 Å². The van der Waals surface area contributed by atoms with E-state index in [9.17, 15) is 0 Å². The third-order valence-electron chi connectivity index (χ3n) is 4.19. The molecule has 0 bridgehead atoms. The number of methoxy groups -OCH3 is 1. The average Bonchev–Trinajstić information content (AvgIpc) is 2.43. The standard InChI is InChI=1S/C16H26BrN3O/c1-16(2,3)13-11(17)14(18)20-15(19-13)12(21-4)10-8-6-5-7-9-10/h10,12H,5-9H2,1-4H3,(H2,18,19,20). The summed E-state index contributed by atoms with van der Waals surface area (Å²) in [5, 5.41) is 0. The first-order chi connectivity index (χ1) is 9.84. The van der Waals surface area contributed by atoms with Gasteiger partial charge in [0.25, 0.3) is 0 Å². The molecule has 0 saturated heterocycles. The second-order valence-corrected chi connectivity index (χ2v) is 7.73. The quantitative estimate of drug-likeness (QED) is 0.873. The molecule has 1 aromatic heterocycles. The van der Waals surface area contributed by atoms with Gasteiger partial charge in [-0.25, -0.2) is 9.97 Å². The number of aromatic nitrogens is 2. The Kier molecular flexibility index (Phi) is 5.25. The summed E-state index contributed by atoms with van der Waals surface area (Å²) < 4.78 is 6.55. The maximum Gasteiger partial charge on any atom is 0.160 e. The van der Waals surface area contributed by atoms with E-state index in [0.29, 0.717) is 11.7 Å². The first-order valence-electron chi connectivity index (χ1n) is 7.70. The number of hydrogen-bond acceptors (Lipinski definition) is 4. The molecule has 0 aromatic carbocycles. The van der Waals surface area contributed by atoms with E-state index in [0.717, 1.165) is 16.0 Å². The highest BCUT2D eigenvalue weighted by molar-refractivity contribution is 9.10. The predicted octanol–water partition coefficient (Wildman–Crippen LogP) is 4.39. The topological polar surface area (TPSA) is 61.0 Å². The summed E-state index contributed by atoms with van der Waals surface area (Å²) in [5.74, 6) is 1.73. The van der Waals surface area contributed by atoms with Crippen molar-refractivity contribution in [2.75, 3.05) is 12.8 Å². The second-order valence-electron chi connectivity index (χ2n) is 6.93. The van der Waals surface area contributed by atoms with Crippen molar-refractivity contribution in [3.8, 4) is 0 Å². The molecule has 0 radical (unpaired) electrons. The Hall–Kier alpha value is -0.680. The maximum absolute atomic E-state index is 6.09. The largest absolute Gasteiger partial charge is 0.383 e. The maximum atomic E-state index is 6.09. The van der Waals surface area contributed by atoms with Gasteiger partial charge in [0.15, 0.2) is 5.82 Å². The van der Waals surface area contributed by atoms with Crippen molar-refractivity contribution >= 4 is 21.7 Å². The minimum Gasteiger partial charge on any atom is -0.383 e. The van der Waals surface area contributed by atoms with Crippen LogP contribution in [0.3, 0.4) is 0 Å². The number of nitrogens with zero attached hydrogens (tertiary/aromatic N) is 2. The van der Waals surface area contributed by atoms with Gasteiger partial charge in [0.1, 0.15) is 11.9 Å². The van der Waals surface area contributed by atoms with Gasteiger partial charge >= 0.3 is 0 Å². The lowest BCUT2D eigenvalue weighted by molar-refractivity contribution is 0.0287. The van der Waals surface area contributed by atoms with Crippen LogP contribution in [0.25, 0.3) is 0 Å². The lowest BCUT2D eigenvalue weighted by Gasteiger charge is -2.29. The van der Waals surface area contributed by atoms with Gasteiger partial charge in [-0.2, -0.15) is 0 Å². The molecule has 0 amide bonds. The number of ether oxygens (including phenoxy) is 1. The van der Waals surface area contributed by atoms with E-state index in [-0.39, 0.29) is 11.5 Å². The van der Waals surface area contributed by atoms with Crippen LogP contribution in [0.4, 0.5) is 5.82 Å². The Morgan fingerprint density at radius 1 is 1.19 bits per heavy atom. The lowest BCUT2D eigenvalue weighted by atomic mass is 9.84. The summed E-state index contributed by atoms with van der Waals surface area (Å²) >= 11 is 3.53. The van der Waals surface area contributed by atoms with Gasteiger partial charge in [0, 0.05) is 12.5 Å². The van der Waals surface area contributed by atoms with Gasteiger partial charge < -0.3 is 10.5 Å². The highest BCUT2D eigenvalue weighted by Gasteiger charge is 2.30. The zero-order valence-corrected chi connectivity index (χ0v) is 15.0. The number of hydrogen-bond donors (Lipinski definition) is 1. The third kappa shape index (κ3) is 3.75. The molecule has 1 heterocycles. The first-order valence-corrected chi connectivity index (χ1v) is 8.50. The molecule has 5 heteroatoms. The summed E-state index contributed by atoms with van der Waals surface area (Å²) in [6.07, 6.45) is 6.17. The monoisotopic (exact) mass is 355 g/mol. The molecule has 0 spiro atoms. The molecule has 4 nitrogen and oxygen atoms in total. The summed E-state index contributed by atoms with van der Waals surface area (Å²) in [7, 11) is 1.75. The average molecular weight is 356 g/mol. The molecule has 1 unspecified atom stereocenters. The Morgan fingerprint density at radius 2 is 1.81 bits per heavy atom. The van der Waals surface area contributed by atoms with Gasteiger partial charge in [-0.15, -0.1) is 0 Å². The number of rotatable bonds is 3. The highest BCUT2D eigenvalue weighted by atomic mass is 79.9. The predicted molar refractivity (Wildman–Crippen MR) is 89.2 cm³/mol. The number of anilines is 1. The summed E-state index contributed by atoms with van der Waals surface area (Å²) in [6, 6.07) is 0. The molecular weight excluding hydrogens is 330 g/mol. The Labute approximate surface area is 136 Å². The normalized spacial score (nSPS) is 18.7. The van der Waals surface area contributed by atoms with Crippen molar-refractivity contribution in [3.05, 3.63) is 16.0 Å². The van der Waals surface area contributed by atoms with Crippen LogP contribution in [0.2, 0.25) is 0 Å². The molecule has 1 aliphatic rings. The molecule has 1 fully saturated rings. The van der Waals surface area contributed by atoms with Crippen LogP contribution in [-0.2, 0) is 10.2 Å². The fourth-order valence-electron chi connectivity index (χ4n) is 3.05. The Balaban J connectivity index is 2.39. The van der Waals surface area contributed by atoms with Crippen LogP contribution in [-0.4, -0.2) is 17.1 Å². The van der Waals surface area contributed by atoms with E-state index in [2.05, 4.69) is 41.7 Å². The molecule has 1 aliphatic carbocycles. The Morgan fingerprint density at radius 3 is 2.33 bits per heavy atom. The van der Waals surface area contributed by atoms with Gasteiger partial charge in [-0.3, -0.25) is 0 Å². The van der Waals surface area contributed by atoms with E-state index in [1.54, 1.807) is 7.11 Å². The van der Waals surface area contributed by atoms with Crippen LogP contribution in [0, 0.1) is 5.92 Å². The molecule has 21 heavy (non-hydrogen) atoms. The zero-order chi connectivity index (χ0) is 15.6. The van der Waals surface area contributed by atoms with E-state index >= 15 is 0 Å². The van der Waals surface area contributed by atoms with Crippen molar-refractivity contribution in [1.82, 2.24) is 9.97 Å². The first kappa shape index (κ1) is 16.7. The molecule has 2 N–H and O–H groups in total. The molecule has 1 atom stereocenters. The fourth-order valence-corrected chi connectivity index (χ4v) is 3.82. The number of nitrogens with two attached hydrogens (primary N) is 1. The van der Waals surface area contributed by atoms with E-state index in [4.69, 9.17) is 15.5 Å². The summed E-state index contributed by atoms with van der Waals surface area (Å²) in [6.45, 7) is 6.39. The minimum absolute atomic E-state index is 0.0539. The van der Waals surface area contributed by atoms with Crippen LogP contribution in [0.1, 0.15) is 70.5 Å². The number of halogens is 1. The Bertz CT molecular complexity index is 493. The second kappa shape index (κ2) is 6.61. The SMILES string of the molecule is COC(c1nc(N)c(Br)c(C(C)(C)C)n1)C1CCCCC1. The van der Waals surface area contributed by atoms with E-state index in [1.807, 2.05) is 0 Å². The fraction of sp³-hybridized carbons (Fsp3) is 0.750. The molecular formula is C16H26BrN3O. The lowest BCUT2D eigenvalue weighted by Crippen LogP contribution is -2.24. The minimum atomic E-state index is -0.0878. The molecule has 1 aromatic rings. The van der Waals surface area contributed by atoms with Crippen molar-refractivity contribution in [3.63, 3.8) is 0 Å². The zero-order valence-electron chi connectivity index (χ0n) is 13.4. The van der Waals surface area contributed by atoms with Gasteiger partial charge in [-0.05, 0) is 34.7 Å². The highest BCUT2D eigenvalue weighted by Crippen LogP contribution is 2.38. The van der Waals surface area contributed by atoms with Crippen LogP contribution >= 0.6 is 15.9 Å². The molecule has 0 aliphatic heterocycles. The summed E-state index contributed by atoms with van der Waals surface area (Å²) in [5.41, 5.74) is 6.95. The molecule has 1 saturated carbocycles. The van der Waals surface area contributed by atoms with Gasteiger partial charge in [0.05, 0.1) is 10.2 Å². The van der Waals surface area contributed by atoms with Crippen molar-refractivity contribution in [1.29, 1.82) is 0 Å². The summed E-state index contributed by atoms with van der Waals surface area (Å²) in [4.78, 5) is 9.28. The molecule has 2 rings (SSSR count).